The van der Waals surface area contributed by atoms with Crippen LogP contribution < -0.4 is 15.5 Å². The average Bonchev–Trinajstić information content (AvgIpc) is 3.00. The molecule has 3 rings (SSSR count). The summed E-state index contributed by atoms with van der Waals surface area (Å²) >= 11 is 0. The van der Waals surface area contributed by atoms with Gasteiger partial charge in [0.25, 0.3) is 0 Å². The third kappa shape index (κ3) is 4.29. The van der Waals surface area contributed by atoms with Gasteiger partial charge in [-0.3, -0.25) is 4.68 Å². The van der Waals surface area contributed by atoms with Crippen LogP contribution in [0.15, 0.2) is 30.6 Å². The Morgan fingerprint density at radius 2 is 1.96 bits per heavy atom. The molecule has 0 aliphatic heterocycles. The zero-order chi connectivity index (χ0) is 17.8. The van der Waals surface area contributed by atoms with Crippen molar-refractivity contribution >= 4 is 23.1 Å². The molecule has 134 valence electrons. The topological polar surface area (TPSA) is 62.2 Å². The molecule has 1 aliphatic carbocycles. The van der Waals surface area contributed by atoms with Crippen molar-refractivity contribution in [1.29, 1.82) is 0 Å². The number of nitrogens with one attached hydrogen (secondary N) is 2. The summed E-state index contributed by atoms with van der Waals surface area (Å²) < 4.78 is 16.1. The third-order valence-electron chi connectivity index (χ3n) is 4.67. The summed E-state index contributed by atoms with van der Waals surface area (Å²) in [6.45, 7) is 0. The van der Waals surface area contributed by atoms with Crippen LogP contribution in [0.3, 0.4) is 0 Å². The van der Waals surface area contributed by atoms with E-state index in [1.807, 2.05) is 11.9 Å². The standard InChI is InChI=1S/C18H24FN5O/c1-23-12-14(11-20-23)22-18(25)21-13-8-9-17(16(19)10-13)24(2)15-6-4-3-5-7-15/h8-12,15H,3-7H2,1-2H3,(H2,21,22,25). The van der Waals surface area contributed by atoms with E-state index in [0.717, 1.165) is 12.8 Å². The van der Waals surface area contributed by atoms with Gasteiger partial charge in [-0.1, -0.05) is 19.3 Å². The van der Waals surface area contributed by atoms with Gasteiger partial charge in [-0.2, -0.15) is 5.10 Å². The first kappa shape index (κ1) is 17.3. The predicted molar refractivity (Wildman–Crippen MR) is 97.5 cm³/mol. The molecule has 1 aromatic carbocycles. The Labute approximate surface area is 147 Å². The smallest absolute Gasteiger partial charge is 0.323 e. The summed E-state index contributed by atoms with van der Waals surface area (Å²) in [5, 5.41) is 9.27. The fourth-order valence-corrected chi connectivity index (χ4v) is 3.31. The van der Waals surface area contributed by atoms with Crippen LogP contribution in [0.2, 0.25) is 0 Å². The Hall–Kier alpha value is -2.57. The zero-order valence-corrected chi connectivity index (χ0v) is 14.6. The summed E-state index contributed by atoms with van der Waals surface area (Å²) in [5.74, 6) is -0.327. The van der Waals surface area contributed by atoms with Gasteiger partial charge in [0.05, 0.1) is 17.6 Å². The van der Waals surface area contributed by atoms with Crippen molar-refractivity contribution < 1.29 is 9.18 Å². The SMILES string of the molecule is CN(c1ccc(NC(=O)Nc2cnn(C)c2)cc1F)C1CCCCC1. The summed E-state index contributed by atoms with van der Waals surface area (Å²) in [6.07, 6.45) is 9.09. The number of carbonyl (C=O) groups is 1. The van der Waals surface area contributed by atoms with Crippen LogP contribution in [0, 0.1) is 5.82 Å². The van der Waals surface area contributed by atoms with E-state index in [9.17, 15) is 9.18 Å². The Kier molecular flexibility index (Phi) is 5.21. The maximum Gasteiger partial charge on any atom is 0.323 e. The Bertz CT molecular complexity index is 739. The van der Waals surface area contributed by atoms with Crippen LogP contribution >= 0.6 is 0 Å². The summed E-state index contributed by atoms with van der Waals surface area (Å²) in [4.78, 5) is 14.0. The monoisotopic (exact) mass is 345 g/mol. The van der Waals surface area contributed by atoms with Crippen molar-refractivity contribution in [2.45, 2.75) is 38.1 Å². The van der Waals surface area contributed by atoms with Crippen molar-refractivity contribution in [3.63, 3.8) is 0 Å². The van der Waals surface area contributed by atoms with E-state index in [2.05, 4.69) is 15.7 Å². The lowest BCUT2D eigenvalue weighted by molar-refractivity contribution is 0.262. The number of carbonyl (C=O) groups excluding carboxylic acids is 1. The van der Waals surface area contributed by atoms with Crippen molar-refractivity contribution in [3.8, 4) is 0 Å². The number of rotatable bonds is 4. The van der Waals surface area contributed by atoms with Crippen LogP contribution in [-0.2, 0) is 7.05 Å². The van der Waals surface area contributed by atoms with Gasteiger partial charge in [-0.05, 0) is 31.0 Å². The number of aromatic nitrogens is 2. The van der Waals surface area contributed by atoms with Crippen molar-refractivity contribution in [1.82, 2.24) is 9.78 Å². The molecular formula is C18H24FN5O. The molecule has 0 saturated heterocycles. The first-order chi connectivity index (χ1) is 12.0. The fourth-order valence-electron chi connectivity index (χ4n) is 3.31. The molecule has 1 aliphatic rings. The fraction of sp³-hybridized carbons (Fsp3) is 0.444. The number of hydrogen-bond donors (Lipinski definition) is 2. The predicted octanol–water partition coefficient (Wildman–Crippen LogP) is 3.97. The van der Waals surface area contributed by atoms with Gasteiger partial charge in [0, 0.05) is 32.0 Å². The van der Waals surface area contributed by atoms with Crippen LogP contribution in [0.1, 0.15) is 32.1 Å². The summed E-state index contributed by atoms with van der Waals surface area (Å²) in [7, 11) is 3.70. The summed E-state index contributed by atoms with van der Waals surface area (Å²) in [5.41, 5.74) is 1.57. The molecule has 0 spiro atoms. The van der Waals surface area contributed by atoms with E-state index in [-0.39, 0.29) is 5.82 Å². The van der Waals surface area contributed by atoms with Crippen LogP contribution in [0.25, 0.3) is 0 Å². The molecule has 0 bridgehead atoms. The van der Waals surface area contributed by atoms with E-state index in [1.165, 1.54) is 25.3 Å². The van der Waals surface area contributed by atoms with E-state index in [0.29, 0.717) is 23.1 Å². The highest BCUT2D eigenvalue weighted by atomic mass is 19.1. The molecule has 2 N–H and O–H groups in total. The lowest BCUT2D eigenvalue weighted by Crippen LogP contribution is -2.33. The number of halogens is 1. The lowest BCUT2D eigenvalue weighted by Gasteiger charge is -2.33. The van der Waals surface area contributed by atoms with Gasteiger partial charge in [0.2, 0.25) is 0 Å². The summed E-state index contributed by atoms with van der Waals surface area (Å²) in [6, 6.07) is 4.76. The number of amides is 2. The minimum absolute atomic E-state index is 0.327. The average molecular weight is 345 g/mol. The normalized spacial score (nSPS) is 15.0. The molecule has 2 aromatic rings. The third-order valence-corrected chi connectivity index (χ3v) is 4.67. The number of aryl methyl sites for hydroxylation is 1. The second kappa shape index (κ2) is 7.55. The van der Waals surface area contributed by atoms with Crippen molar-refractivity contribution in [3.05, 3.63) is 36.4 Å². The molecule has 7 heteroatoms. The molecular weight excluding hydrogens is 321 g/mol. The molecule has 1 heterocycles. The molecule has 1 saturated carbocycles. The van der Waals surface area contributed by atoms with Crippen molar-refractivity contribution in [2.75, 3.05) is 22.6 Å². The van der Waals surface area contributed by atoms with Crippen LogP contribution in [0.5, 0.6) is 0 Å². The molecule has 25 heavy (non-hydrogen) atoms. The van der Waals surface area contributed by atoms with Gasteiger partial charge in [0.1, 0.15) is 5.82 Å². The second-order valence-corrected chi connectivity index (χ2v) is 6.55. The second-order valence-electron chi connectivity index (χ2n) is 6.55. The number of urea groups is 1. The van der Waals surface area contributed by atoms with E-state index < -0.39 is 6.03 Å². The molecule has 0 unspecified atom stereocenters. The van der Waals surface area contributed by atoms with Gasteiger partial charge < -0.3 is 15.5 Å². The molecule has 0 atom stereocenters. The molecule has 2 amide bonds. The molecule has 1 fully saturated rings. The van der Waals surface area contributed by atoms with Gasteiger partial charge in [-0.15, -0.1) is 0 Å². The van der Waals surface area contributed by atoms with E-state index >= 15 is 0 Å². The number of benzene rings is 1. The van der Waals surface area contributed by atoms with Gasteiger partial charge in [-0.25, -0.2) is 9.18 Å². The first-order valence-corrected chi connectivity index (χ1v) is 8.62. The highest BCUT2D eigenvalue weighted by Crippen LogP contribution is 2.29. The highest BCUT2D eigenvalue weighted by molar-refractivity contribution is 5.99. The maximum absolute atomic E-state index is 14.5. The van der Waals surface area contributed by atoms with Crippen LogP contribution in [0.4, 0.5) is 26.2 Å². The van der Waals surface area contributed by atoms with E-state index in [4.69, 9.17) is 0 Å². The molecule has 0 radical (unpaired) electrons. The quantitative estimate of drug-likeness (QED) is 0.881. The Morgan fingerprint density at radius 3 is 2.60 bits per heavy atom. The van der Waals surface area contributed by atoms with Gasteiger partial charge in [0.15, 0.2) is 0 Å². The maximum atomic E-state index is 14.5. The lowest BCUT2D eigenvalue weighted by atomic mass is 9.94. The molecule has 1 aromatic heterocycles. The first-order valence-electron chi connectivity index (χ1n) is 8.62. The van der Waals surface area contributed by atoms with E-state index in [1.54, 1.807) is 36.3 Å². The number of nitrogens with zero attached hydrogens (tertiary/aromatic N) is 3. The van der Waals surface area contributed by atoms with Crippen molar-refractivity contribution in [2.24, 2.45) is 7.05 Å². The minimum atomic E-state index is -0.430. The number of anilines is 3. The minimum Gasteiger partial charge on any atom is -0.369 e. The molecule has 6 nitrogen and oxygen atoms in total. The van der Waals surface area contributed by atoms with Gasteiger partial charge >= 0.3 is 6.03 Å². The number of hydrogen-bond acceptors (Lipinski definition) is 3. The Morgan fingerprint density at radius 1 is 1.24 bits per heavy atom. The highest BCUT2D eigenvalue weighted by Gasteiger charge is 2.20. The van der Waals surface area contributed by atoms with Crippen LogP contribution in [-0.4, -0.2) is 28.9 Å². The Balaban J connectivity index is 1.63. The zero-order valence-electron chi connectivity index (χ0n) is 14.6. The largest absolute Gasteiger partial charge is 0.369 e.